The Labute approximate surface area is 160 Å². The van der Waals surface area contributed by atoms with E-state index in [1.54, 1.807) is 20.4 Å². The number of methoxy groups -OCH3 is 2. The highest BCUT2D eigenvalue weighted by molar-refractivity contribution is 5.94. The molecular weight excluding hydrogens is 342 g/mol. The molecule has 0 atom stereocenters. The fourth-order valence-corrected chi connectivity index (χ4v) is 3.22. The van der Waals surface area contributed by atoms with Gasteiger partial charge in [-0.2, -0.15) is 0 Å². The lowest BCUT2D eigenvalue weighted by Crippen LogP contribution is -2.36. The molecule has 27 heavy (non-hydrogen) atoms. The maximum absolute atomic E-state index is 12.9. The van der Waals surface area contributed by atoms with E-state index in [-0.39, 0.29) is 11.4 Å². The van der Waals surface area contributed by atoms with E-state index in [0.29, 0.717) is 24.4 Å². The van der Waals surface area contributed by atoms with E-state index in [9.17, 15) is 4.79 Å². The van der Waals surface area contributed by atoms with Crippen molar-refractivity contribution in [3.8, 4) is 11.5 Å². The third kappa shape index (κ3) is 4.32. The summed E-state index contributed by atoms with van der Waals surface area (Å²) in [6.45, 7) is 7.44. The summed E-state index contributed by atoms with van der Waals surface area (Å²) < 4.78 is 10.8. The van der Waals surface area contributed by atoms with Crippen LogP contribution >= 0.6 is 0 Å². The molecule has 1 aromatic heterocycles. The van der Waals surface area contributed by atoms with Gasteiger partial charge in [-0.1, -0.05) is 0 Å². The molecule has 1 aromatic carbocycles. The number of nitrogens with zero attached hydrogens (tertiary/aromatic N) is 2. The molecule has 1 aliphatic rings. The summed E-state index contributed by atoms with van der Waals surface area (Å²) in [5.74, 6) is 2.16. The molecule has 1 amide bonds. The first-order chi connectivity index (χ1) is 12.8. The summed E-state index contributed by atoms with van der Waals surface area (Å²) in [4.78, 5) is 19.1. The molecule has 0 radical (unpaired) electrons. The second kappa shape index (κ2) is 7.47. The molecule has 0 saturated carbocycles. The second-order valence-electron chi connectivity index (χ2n) is 7.76. The number of carbonyl (C=O) groups is 1. The lowest BCUT2D eigenvalue weighted by molar-refractivity contribution is 0.0734. The molecule has 6 heteroatoms. The minimum Gasteiger partial charge on any atom is -0.493 e. The van der Waals surface area contributed by atoms with Crippen molar-refractivity contribution >= 4 is 11.7 Å². The molecule has 0 unspecified atom stereocenters. The van der Waals surface area contributed by atoms with Crippen molar-refractivity contribution in [3.05, 3.63) is 47.2 Å². The fourth-order valence-electron chi connectivity index (χ4n) is 3.22. The van der Waals surface area contributed by atoms with Crippen LogP contribution in [0.25, 0.3) is 0 Å². The van der Waals surface area contributed by atoms with Crippen molar-refractivity contribution in [1.29, 1.82) is 0 Å². The largest absolute Gasteiger partial charge is 0.493 e. The Morgan fingerprint density at radius 3 is 2.33 bits per heavy atom. The number of ether oxygens (including phenoxy) is 2. The zero-order valence-corrected chi connectivity index (χ0v) is 16.6. The number of carbonyl (C=O) groups excluding carboxylic acids is 1. The number of aromatic nitrogens is 1. The van der Waals surface area contributed by atoms with Crippen molar-refractivity contribution in [2.75, 3.05) is 26.1 Å². The quantitative estimate of drug-likeness (QED) is 0.894. The maximum Gasteiger partial charge on any atom is 0.255 e. The highest BCUT2D eigenvalue weighted by Gasteiger charge is 2.24. The number of amides is 1. The third-order valence-electron chi connectivity index (χ3n) is 4.52. The summed E-state index contributed by atoms with van der Waals surface area (Å²) in [5.41, 5.74) is 2.80. The SMILES string of the molecule is COc1cc2c(cc1OC)CN(C(=O)c1ccc(NC(C)(C)C)nc1)CC2. The molecule has 2 heterocycles. The molecule has 1 N–H and O–H groups in total. The van der Waals surface area contributed by atoms with Crippen LogP contribution in [0, 0.1) is 0 Å². The van der Waals surface area contributed by atoms with E-state index in [1.165, 1.54) is 5.56 Å². The minimum absolute atomic E-state index is 0.00903. The van der Waals surface area contributed by atoms with Gasteiger partial charge in [-0.3, -0.25) is 4.79 Å². The molecular formula is C21H27N3O3. The van der Waals surface area contributed by atoms with Gasteiger partial charge in [-0.25, -0.2) is 4.98 Å². The highest BCUT2D eigenvalue weighted by Crippen LogP contribution is 2.33. The first-order valence-electron chi connectivity index (χ1n) is 9.08. The van der Waals surface area contributed by atoms with Gasteiger partial charge < -0.3 is 19.7 Å². The Morgan fingerprint density at radius 1 is 1.11 bits per heavy atom. The van der Waals surface area contributed by atoms with Gasteiger partial charge in [-0.05, 0) is 62.6 Å². The average Bonchev–Trinajstić information content (AvgIpc) is 2.65. The Bertz CT molecular complexity index is 826. The molecule has 3 rings (SSSR count). The predicted octanol–water partition coefficient (Wildman–Crippen LogP) is 3.51. The summed E-state index contributed by atoms with van der Waals surface area (Å²) in [6, 6.07) is 7.64. The van der Waals surface area contributed by atoms with E-state index in [0.717, 1.165) is 23.6 Å². The number of fused-ring (bicyclic) bond motifs is 1. The normalized spacial score (nSPS) is 13.7. The monoisotopic (exact) mass is 369 g/mol. The lowest BCUT2D eigenvalue weighted by Gasteiger charge is -2.29. The minimum atomic E-state index is -0.0742. The van der Waals surface area contributed by atoms with Crippen LogP contribution in [0.4, 0.5) is 5.82 Å². The van der Waals surface area contributed by atoms with Crippen LogP contribution in [0.15, 0.2) is 30.5 Å². The number of nitrogens with one attached hydrogen (secondary N) is 1. The average molecular weight is 369 g/mol. The number of rotatable bonds is 4. The van der Waals surface area contributed by atoms with E-state index in [1.807, 2.05) is 29.2 Å². The Morgan fingerprint density at radius 2 is 1.78 bits per heavy atom. The Balaban J connectivity index is 1.75. The summed E-state index contributed by atoms with van der Waals surface area (Å²) in [6.07, 6.45) is 2.43. The van der Waals surface area contributed by atoms with Gasteiger partial charge in [0.2, 0.25) is 0 Å². The van der Waals surface area contributed by atoms with Crippen LogP contribution in [0.1, 0.15) is 42.3 Å². The zero-order chi connectivity index (χ0) is 19.6. The number of hydrogen-bond donors (Lipinski definition) is 1. The van der Waals surface area contributed by atoms with Gasteiger partial charge in [0.25, 0.3) is 5.91 Å². The van der Waals surface area contributed by atoms with Gasteiger partial charge in [-0.15, -0.1) is 0 Å². The Kier molecular flexibility index (Phi) is 5.26. The van der Waals surface area contributed by atoms with E-state index in [4.69, 9.17) is 9.47 Å². The van der Waals surface area contributed by atoms with Crippen LogP contribution in [0.3, 0.4) is 0 Å². The van der Waals surface area contributed by atoms with Crippen molar-refractivity contribution in [2.45, 2.75) is 39.3 Å². The molecule has 0 fully saturated rings. The van der Waals surface area contributed by atoms with Crippen LogP contribution in [0.5, 0.6) is 11.5 Å². The molecule has 144 valence electrons. The molecule has 1 aliphatic heterocycles. The smallest absolute Gasteiger partial charge is 0.255 e. The second-order valence-corrected chi connectivity index (χ2v) is 7.76. The van der Waals surface area contributed by atoms with Gasteiger partial charge >= 0.3 is 0 Å². The molecule has 0 spiro atoms. The zero-order valence-electron chi connectivity index (χ0n) is 16.6. The topological polar surface area (TPSA) is 63.7 Å². The van der Waals surface area contributed by atoms with Crippen molar-refractivity contribution in [3.63, 3.8) is 0 Å². The van der Waals surface area contributed by atoms with Crippen molar-refractivity contribution in [2.24, 2.45) is 0 Å². The number of pyridine rings is 1. The number of hydrogen-bond acceptors (Lipinski definition) is 5. The van der Waals surface area contributed by atoms with E-state index < -0.39 is 0 Å². The lowest BCUT2D eigenvalue weighted by atomic mass is 9.98. The molecule has 6 nitrogen and oxygen atoms in total. The van der Waals surface area contributed by atoms with Crippen LogP contribution in [-0.2, 0) is 13.0 Å². The van der Waals surface area contributed by atoms with Crippen molar-refractivity contribution in [1.82, 2.24) is 9.88 Å². The van der Waals surface area contributed by atoms with Crippen LogP contribution < -0.4 is 14.8 Å². The number of anilines is 1. The molecule has 2 aromatic rings. The highest BCUT2D eigenvalue weighted by atomic mass is 16.5. The van der Waals surface area contributed by atoms with Crippen LogP contribution in [0.2, 0.25) is 0 Å². The first-order valence-corrected chi connectivity index (χ1v) is 9.08. The molecule has 0 aliphatic carbocycles. The van der Waals surface area contributed by atoms with Gasteiger partial charge in [0.05, 0.1) is 19.8 Å². The van der Waals surface area contributed by atoms with Crippen LogP contribution in [-0.4, -0.2) is 42.1 Å². The summed E-state index contributed by atoms with van der Waals surface area (Å²) in [7, 11) is 3.25. The van der Waals surface area contributed by atoms with Gasteiger partial charge in [0.15, 0.2) is 11.5 Å². The van der Waals surface area contributed by atoms with Gasteiger partial charge in [0, 0.05) is 24.8 Å². The predicted molar refractivity (Wildman–Crippen MR) is 106 cm³/mol. The first kappa shape index (κ1) is 19.0. The number of benzene rings is 1. The third-order valence-corrected chi connectivity index (χ3v) is 4.52. The molecule has 0 saturated heterocycles. The van der Waals surface area contributed by atoms with Crippen molar-refractivity contribution < 1.29 is 14.3 Å². The standard InChI is InChI=1S/C21H27N3O3/c1-21(2,3)23-19-7-6-15(12-22-19)20(25)24-9-8-14-10-17(26-4)18(27-5)11-16(14)13-24/h6-7,10-12H,8-9,13H2,1-5H3,(H,22,23). The van der Waals surface area contributed by atoms with Gasteiger partial charge in [0.1, 0.15) is 5.82 Å². The summed E-state index contributed by atoms with van der Waals surface area (Å²) >= 11 is 0. The summed E-state index contributed by atoms with van der Waals surface area (Å²) in [5, 5.41) is 3.30. The van der Waals surface area contributed by atoms with E-state index >= 15 is 0 Å². The molecule has 0 bridgehead atoms. The van der Waals surface area contributed by atoms with E-state index in [2.05, 4.69) is 31.1 Å². The Hall–Kier alpha value is -2.76. The fraction of sp³-hybridized carbons (Fsp3) is 0.429. The maximum atomic E-state index is 12.9.